The van der Waals surface area contributed by atoms with Gasteiger partial charge in [0.25, 0.3) is 0 Å². The summed E-state index contributed by atoms with van der Waals surface area (Å²) < 4.78 is 29.6. The summed E-state index contributed by atoms with van der Waals surface area (Å²) in [5.74, 6) is 0.548. The van der Waals surface area contributed by atoms with Crippen molar-refractivity contribution in [1.29, 1.82) is 0 Å². The van der Waals surface area contributed by atoms with Crippen LogP contribution in [-0.2, 0) is 19.6 Å². The van der Waals surface area contributed by atoms with Crippen molar-refractivity contribution in [2.75, 3.05) is 46.2 Å². The lowest BCUT2D eigenvalue weighted by Gasteiger charge is -2.31. The highest BCUT2D eigenvalue weighted by atomic mass is 32.2. The maximum Gasteiger partial charge on any atom is 0.237 e. The fourth-order valence-corrected chi connectivity index (χ4v) is 3.06. The Morgan fingerprint density at radius 1 is 1.35 bits per heavy atom. The van der Waals surface area contributed by atoms with E-state index in [-0.39, 0.29) is 12.5 Å². The molecule has 0 bridgehead atoms. The third-order valence-electron chi connectivity index (χ3n) is 3.67. The summed E-state index contributed by atoms with van der Waals surface area (Å²) in [6.45, 7) is 4.39. The summed E-state index contributed by atoms with van der Waals surface area (Å²) in [6.07, 6.45) is 3.72. The Kier molecular flexibility index (Phi) is 6.91. The topological polar surface area (TPSA) is 66.9 Å². The Morgan fingerprint density at radius 3 is 2.45 bits per heavy atom. The number of hydrogen-bond donors (Lipinski definition) is 0. The first-order chi connectivity index (χ1) is 9.34. The molecule has 0 aromatic rings. The predicted molar refractivity (Wildman–Crippen MR) is 77.9 cm³/mol. The van der Waals surface area contributed by atoms with Gasteiger partial charge in [0.05, 0.1) is 12.8 Å². The first-order valence-electron chi connectivity index (χ1n) is 7.06. The number of ether oxygens (including phenoxy) is 1. The van der Waals surface area contributed by atoms with Gasteiger partial charge in [-0.1, -0.05) is 6.92 Å². The summed E-state index contributed by atoms with van der Waals surface area (Å²) in [5, 5.41) is 0. The molecule has 1 aliphatic rings. The molecule has 0 atom stereocenters. The second-order valence-electron chi connectivity index (χ2n) is 5.51. The zero-order valence-electron chi connectivity index (χ0n) is 12.7. The van der Waals surface area contributed by atoms with Crippen LogP contribution in [0.1, 0.15) is 26.2 Å². The lowest BCUT2D eigenvalue weighted by Crippen LogP contribution is -2.45. The van der Waals surface area contributed by atoms with E-state index in [1.807, 2.05) is 0 Å². The van der Waals surface area contributed by atoms with Crippen LogP contribution in [0.15, 0.2) is 0 Å². The molecule has 1 rings (SSSR count). The SMILES string of the molecule is COCCCN(CC(=O)N1CCC(C)CC1)S(C)(=O)=O. The molecule has 0 aromatic carbocycles. The van der Waals surface area contributed by atoms with Crippen LogP contribution >= 0.6 is 0 Å². The van der Waals surface area contributed by atoms with E-state index in [0.717, 1.165) is 32.2 Å². The van der Waals surface area contributed by atoms with Gasteiger partial charge in [0, 0.05) is 33.4 Å². The molecule has 0 N–H and O–H groups in total. The predicted octanol–water partition coefficient (Wildman–Crippen LogP) is 0.543. The van der Waals surface area contributed by atoms with Crippen molar-refractivity contribution < 1.29 is 17.9 Å². The molecular formula is C13H26N2O4S. The Morgan fingerprint density at radius 2 is 1.95 bits per heavy atom. The smallest absolute Gasteiger partial charge is 0.237 e. The Hall–Kier alpha value is -0.660. The standard InChI is InChI=1S/C13H26N2O4S/c1-12-5-8-14(9-6-12)13(16)11-15(20(3,17)18)7-4-10-19-2/h12H,4-11H2,1-3H3. The minimum atomic E-state index is -3.36. The van der Waals surface area contributed by atoms with Crippen molar-refractivity contribution in [1.82, 2.24) is 9.21 Å². The van der Waals surface area contributed by atoms with Crippen LogP contribution in [0.25, 0.3) is 0 Å². The van der Waals surface area contributed by atoms with Crippen molar-refractivity contribution >= 4 is 15.9 Å². The van der Waals surface area contributed by atoms with Gasteiger partial charge in [0.15, 0.2) is 0 Å². The molecule has 0 aliphatic carbocycles. The zero-order chi connectivity index (χ0) is 15.2. The van der Waals surface area contributed by atoms with Gasteiger partial charge in [0.1, 0.15) is 0 Å². The van der Waals surface area contributed by atoms with Crippen molar-refractivity contribution in [3.63, 3.8) is 0 Å². The van der Waals surface area contributed by atoms with Crippen molar-refractivity contribution in [2.45, 2.75) is 26.2 Å². The molecular weight excluding hydrogens is 280 g/mol. The Balaban J connectivity index is 2.53. The van der Waals surface area contributed by atoms with Gasteiger partial charge in [-0.3, -0.25) is 4.79 Å². The fraction of sp³-hybridized carbons (Fsp3) is 0.923. The van der Waals surface area contributed by atoms with Crippen molar-refractivity contribution in [2.24, 2.45) is 5.92 Å². The monoisotopic (exact) mass is 306 g/mol. The molecule has 1 heterocycles. The number of methoxy groups -OCH3 is 1. The lowest BCUT2D eigenvalue weighted by atomic mass is 9.99. The van der Waals surface area contributed by atoms with E-state index in [1.165, 1.54) is 4.31 Å². The van der Waals surface area contributed by atoms with E-state index < -0.39 is 10.0 Å². The average Bonchev–Trinajstić information content (AvgIpc) is 2.37. The minimum absolute atomic E-state index is 0.0586. The van der Waals surface area contributed by atoms with Crippen LogP contribution in [0.2, 0.25) is 0 Å². The van der Waals surface area contributed by atoms with Crippen LogP contribution in [0.4, 0.5) is 0 Å². The summed E-state index contributed by atoms with van der Waals surface area (Å²) in [4.78, 5) is 14.0. The van der Waals surface area contributed by atoms with E-state index in [1.54, 1.807) is 12.0 Å². The highest BCUT2D eigenvalue weighted by molar-refractivity contribution is 7.88. The second-order valence-corrected chi connectivity index (χ2v) is 7.49. The Bertz CT molecular complexity index is 403. The highest BCUT2D eigenvalue weighted by Gasteiger charge is 2.25. The quantitative estimate of drug-likeness (QED) is 0.644. The highest BCUT2D eigenvalue weighted by Crippen LogP contribution is 2.16. The maximum absolute atomic E-state index is 12.2. The van der Waals surface area contributed by atoms with E-state index in [0.29, 0.717) is 25.5 Å². The normalized spacial score (nSPS) is 17.7. The largest absolute Gasteiger partial charge is 0.385 e. The molecule has 0 aromatic heterocycles. The molecule has 0 saturated carbocycles. The van der Waals surface area contributed by atoms with E-state index in [4.69, 9.17) is 4.74 Å². The van der Waals surface area contributed by atoms with Gasteiger partial charge in [-0.2, -0.15) is 4.31 Å². The molecule has 1 aliphatic heterocycles. The van der Waals surface area contributed by atoms with E-state index >= 15 is 0 Å². The summed E-state index contributed by atoms with van der Waals surface area (Å²) in [5.41, 5.74) is 0. The van der Waals surface area contributed by atoms with Gasteiger partial charge in [0.2, 0.25) is 15.9 Å². The van der Waals surface area contributed by atoms with Crippen LogP contribution in [0.5, 0.6) is 0 Å². The molecule has 20 heavy (non-hydrogen) atoms. The molecule has 0 spiro atoms. The molecule has 118 valence electrons. The Labute approximate surface area is 122 Å². The second kappa shape index (κ2) is 7.95. The molecule has 1 amide bonds. The third kappa shape index (κ3) is 5.76. The van der Waals surface area contributed by atoms with Crippen molar-refractivity contribution in [3.05, 3.63) is 0 Å². The summed E-state index contributed by atoms with van der Waals surface area (Å²) in [7, 11) is -1.79. The minimum Gasteiger partial charge on any atom is -0.385 e. The van der Waals surface area contributed by atoms with Crippen LogP contribution in [-0.4, -0.2) is 69.7 Å². The number of rotatable bonds is 7. The van der Waals surface area contributed by atoms with E-state index in [2.05, 4.69) is 6.92 Å². The molecule has 7 heteroatoms. The molecule has 6 nitrogen and oxygen atoms in total. The molecule has 0 radical (unpaired) electrons. The van der Waals surface area contributed by atoms with Gasteiger partial charge in [-0.25, -0.2) is 8.42 Å². The number of nitrogens with zero attached hydrogens (tertiary/aromatic N) is 2. The number of carbonyl (C=O) groups is 1. The maximum atomic E-state index is 12.2. The lowest BCUT2D eigenvalue weighted by molar-refractivity contribution is -0.132. The average molecular weight is 306 g/mol. The first kappa shape index (κ1) is 17.4. The number of sulfonamides is 1. The van der Waals surface area contributed by atoms with Gasteiger partial charge < -0.3 is 9.64 Å². The number of likely N-dealkylation sites (tertiary alicyclic amines) is 1. The number of amides is 1. The van der Waals surface area contributed by atoms with Crippen LogP contribution in [0.3, 0.4) is 0 Å². The van der Waals surface area contributed by atoms with Crippen LogP contribution < -0.4 is 0 Å². The first-order valence-corrected chi connectivity index (χ1v) is 8.91. The number of piperidine rings is 1. The van der Waals surface area contributed by atoms with Gasteiger partial charge in [-0.05, 0) is 25.2 Å². The van der Waals surface area contributed by atoms with E-state index in [9.17, 15) is 13.2 Å². The van der Waals surface area contributed by atoms with Crippen LogP contribution in [0, 0.1) is 5.92 Å². The van der Waals surface area contributed by atoms with Gasteiger partial charge in [-0.15, -0.1) is 0 Å². The molecule has 1 saturated heterocycles. The third-order valence-corrected chi connectivity index (χ3v) is 4.92. The fourth-order valence-electron chi connectivity index (χ4n) is 2.26. The molecule has 0 unspecified atom stereocenters. The number of carbonyl (C=O) groups excluding carboxylic acids is 1. The van der Waals surface area contributed by atoms with Gasteiger partial charge >= 0.3 is 0 Å². The molecule has 1 fully saturated rings. The van der Waals surface area contributed by atoms with Crippen molar-refractivity contribution in [3.8, 4) is 0 Å². The summed E-state index contributed by atoms with van der Waals surface area (Å²) in [6, 6.07) is 0. The zero-order valence-corrected chi connectivity index (χ0v) is 13.5. The number of hydrogen-bond acceptors (Lipinski definition) is 4. The summed E-state index contributed by atoms with van der Waals surface area (Å²) >= 11 is 0.